The Morgan fingerprint density at radius 1 is 1.21 bits per heavy atom. The van der Waals surface area contributed by atoms with Gasteiger partial charge in [0.2, 0.25) is 0 Å². The third-order valence-electron chi connectivity index (χ3n) is 1.99. The SMILES string of the molecule is Cc1nn(-c2ccccc2)nc1CCl. The van der Waals surface area contributed by atoms with Crippen molar-refractivity contribution in [2.24, 2.45) is 0 Å². The van der Waals surface area contributed by atoms with Gasteiger partial charge in [-0.1, -0.05) is 18.2 Å². The smallest absolute Gasteiger partial charge is 0.101 e. The zero-order valence-electron chi connectivity index (χ0n) is 7.81. The molecule has 0 bridgehead atoms. The molecule has 0 N–H and O–H groups in total. The molecular formula is C10H10ClN3. The summed E-state index contributed by atoms with van der Waals surface area (Å²) in [6.45, 7) is 1.91. The fourth-order valence-corrected chi connectivity index (χ4v) is 1.46. The molecule has 0 unspecified atom stereocenters. The molecule has 0 aliphatic heterocycles. The van der Waals surface area contributed by atoms with Crippen LogP contribution in [0, 0.1) is 6.92 Å². The molecule has 0 amide bonds. The largest absolute Gasteiger partial charge is 0.153 e. The second-order valence-corrected chi connectivity index (χ2v) is 3.26. The van der Waals surface area contributed by atoms with Crippen LogP contribution < -0.4 is 0 Å². The third kappa shape index (κ3) is 1.63. The van der Waals surface area contributed by atoms with Gasteiger partial charge in [0.1, 0.15) is 5.69 Å². The van der Waals surface area contributed by atoms with Crippen molar-refractivity contribution >= 4 is 11.6 Å². The molecule has 14 heavy (non-hydrogen) atoms. The molecule has 4 heteroatoms. The Hall–Kier alpha value is -1.35. The summed E-state index contributed by atoms with van der Waals surface area (Å²) in [7, 11) is 0. The second-order valence-electron chi connectivity index (χ2n) is 2.99. The van der Waals surface area contributed by atoms with Crippen LogP contribution in [0.1, 0.15) is 11.4 Å². The van der Waals surface area contributed by atoms with Gasteiger partial charge in [-0.15, -0.1) is 11.6 Å². The van der Waals surface area contributed by atoms with E-state index in [0.29, 0.717) is 5.88 Å². The van der Waals surface area contributed by atoms with Crippen LogP contribution >= 0.6 is 11.6 Å². The summed E-state index contributed by atoms with van der Waals surface area (Å²) in [5, 5.41) is 8.54. The first-order chi connectivity index (χ1) is 6.81. The van der Waals surface area contributed by atoms with Gasteiger partial charge < -0.3 is 0 Å². The third-order valence-corrected chi connectivity index (χ3v) is 2.24. The average Bonchev–Trinajstić information content (AvgIpc) is 2.61. The highest BCUT2D eigenvalue weighted by Gasteiger charge is 2.05. The van der Waals surface area contributed by atoms with Gasteiger partial charge in [0, 0.05) is 0 Å². The highest BCUT2D eigenvalue weighted by atomic mass is 35.5. The van der Waals surface area contributed by atoms with Gasteiger partial charge in [0.15, 0.2) is 0 Å². The molecule has 2 rings (SSSR count). The van der Waals surface area contributed by atoms with E-state index in [-0.39, 0.29) is 0 Å². The van der Waals surface area contributed by atoms with Crippen LogP contribution in [-0.4, -0.2) is 15.0 Å². The van der Waals surface area contributed by atoms with E-state index >= 15 is 0 Å². The van der Waals surface area contributed by atoms with Crippen LogP contribution in [0.5, 0.6) is 0 Å². The number of aromatic nitrogens is 3. The molecule has 0 fully saturated rings. The standard InChI is InChI=1S/C10H10ClN3/c1-8-10(7-11)13-14(12-8)9-5-3-2-4-6-9/h2-6H,7H2,1H3. The van der Waals surface area contributed by atoms with E-state index < -0.39 is 0 Å². The predicted molar refractivity (Wildman–Crippen MR) is 55.7 cm³/mol. The number of para-hydroxylation sites is 1. The summed E-state index contributed by atoms with van der Waals surface area (Å²) < 4.78 is 0. The molecule has 1 aromatic carbocycles. The summed E-state index contributed by atoms with van der Waals surface area (Å²) in [5.41, 5.74) is 2.66. The monoisotopic (exact) mass is 207 g/mol. The highest BCUT2D eigenvalue weighted by molar-refractivity contribution is 6.16. The summed E-state index contributed by atoms with van der Waals surface area (Å²) in [6, 6.07) is 9.78. The van der Waals surface area contributed by atoms with Gasteiger partial charge in [-0.2, -0.15) is 15.0 Å². The lowest BCUT2D eigenvalue weighted by Gasteiger charge is -1.96. The van der Waals surface area contributed by atoms with Crippen molar-refractivity contribution in [2.45, 2.75) is 12.8 Å². The number of halogens is 1. The van der Waals surface area contributed by atoms with Crippen molar-refractivity contribution < 1.29 is 0 Å². The lowest BCUT2D eigenvalue weighted by atomic mass is 10.3. The normalized spacial score (nSPS) is 10.4. The van der Waals surface area contributed by atoms with Gasteiger partial charge in [-0.05, 0) is 19.1 Å². The Morgan fingerprint density at radius 2 is 1.93 bits per heavy atom. The summed E-state index contributed by atoms with van der Waals surface area (Å²) >= 11 is 5.72. The highest BCUT2D eigenvalue weighted by Crippen LogP contribution is 2.09. The molecule has 0 spiro atoms. The molecule has 72 valence electrons. The number of benzene rings is 1. The minimum atomic E-state index is 0.401. The minimum Gasteiger partial charge on any atom is -0.153 e. The molecule has 0 aliphatic carbocycles. The first-order valence-corrected chi connectivity index (χ1v) is 4.89. The van der Waals surface area contributed by atoms with Gasteiger partial charge in [0.05, 0.1) is 17.3 Å². The maximum atomic E-state index is 5.72. The van der Waals surface area contributed by atoms with Gasteiger partial charge in [-0.3, -0.25) is 0 Å². The van der Waals surface area contributed by atoms with Crippen LogP contribution in [0.2, 0.25) is 0 Å². The van der Waals surface area contributed by atoms with Gasteiger partial charge in [-0.25, -0.2) is 0 Å². The second kappa shape index (κ2) is 3.80. The number of hydrogen-bond donors (Lipinski definition) is 0. The molecule has 3 nitrogen and oxygen atoms in total. The van der Waals surface area contributed by atoms with Crippen LogP contribution in [0.3, 0.4) is 0 Å². The van der Waals surface area contributed by atoms with Crippen LogP contribution in [0.15, 0.2) is 30.3 Å². The van der Waals surface area contributed by atoms with E-state index in [1.54, 1.807) is 4.80 Å². The van der Waals surface area contributed by atoms with Gasteiger partial charge in [0.25, 0.3) is 0 Å². The van der Waals surface area contributed by atoms with E-state index in [0.717, 1.165) is 17.1 Å². The zero-order valence-corrected chi connectivity index (χ0v) is 8.57. The molecule has 1 aromatic heterocycles. The van der Waals surface area contributed by atoms with Crippen molar-refractivity contribution in [3.8, 4) is 5.69 Å². The fraction of sp³-hybridized carbons (Fsp3) is 0.200. The van der Waals surface area contributed by atoms with Crippen molar-refractivity contribution in [1.82, 2.24) is 15.0 Å². The Labute approximate surface area is 87.3 Å². The van der Waals surface area contributed by atoms with Gasteiger partial charge >= 0.3 is 0 Å². The molecule has 1 heterocycles. The average molecular weight is 208 g/mol. The van der Waals surface area contributed by atoms with Crippen molar-refractivity contribution in [2.75, 3.05) is 0 Å². The summed E-state index contributed by atoms with van der Waals surface area (Å²) in [5.74, 6) is 0.401. The number of rotatable bonds is 2. The Morgan fingerprint density at radius 3 is 2.50 bits per heavy atom. The Bertz CT molecular complexity index is 422. The maximum absolute atomic E-state index is 5.72. The lowest BCUT2D eigenvalue weighted by molar-refractivity contribution is 0.740. The Kier molecular flexibility index (Phi) is 2.50. The van der Waals surface area contributed by atoms with Crippen LogP contribution in [-0.2, 0) is 5.88 Å². The summed E-state index contributed by atoms with van der Waals surface area (Å²) in [4.78, 5) is 1.60. The number of aryl methyl sites for hydroxylation is 1. The Balaban J connectivity index is 2.43. The molecule has 0 atom stereocenters. The lowest BCUT2D eigenvalue weighted by Crippen LogP contribution is -1.98. The maximum Gasteiger partial charge on any atom is 0.101 e. The fourth-order valence-electron chi connectivity index (χ4n) is 1.21. The molecular weight excluding hydrogens is 198 g/mol. The molecule has 0 saturated carbocycles. The van der Waals surface area contributed by atoms with Crippen LogP contribution in [0.4, 0.5) is 0 Å². The van der Waals surface area contributed by atoms with E-state index in [1.807, 2.05) is 37.3 Å². The van der Waals surface area contributed by atoms with E-state index in [9.17, 15) is 0 Å². The minimum absolute atomic E-state index is 0.401. The number of alkyl halides is 1. The zero-order chi connectivity index (χ0) is 9.97. The van der Waals surface area contributed by atoms with Crippen molar-refractivity contribution in [3.63, 3.8) is 0 Å². The molecule has 0 saturated heterocycles. The van der Waals surface area contributed by atoms with E-state index in [1.165, 1.54) is 0 Å². The van der Waals surface area contributed by atoms with E-state index in [4.69, 9.17) is 11.6 Å². The van der Waals surface area contributed by atoms with E-state index in [2.05, 4.69) is 10.2 Å². The number of hydrogen-bond acceptors (Lipinski definition) is 2. The molecule has 0 radical (unpaired) electrons. The van der Waals surface area contributed by atoms with Crippen molar-refractivity contribution in [3.05, 3.63) is 41.7 Å². The first kappa shape index (κ1) is 9.21. The van der Waals surface area contributed by atoms with Crippen molar-refractivity contribution in [1.29, 1.82) is 0 Å². The van der Waals surface area contributed by atoms with Crippen LogP contribution in [0.25, 0.3) is 5.69 Å². The quantitative estimate of drug-likeness (QED) is 0.708. The molecule has 0 aliphatic rings. The topological polar surface area (TPSA) is 30.7 Å². The number of nitrogens with zero attached hydrogens (tertiary/aromatic N) is 3. The molecule has 2 aromatic rings. The first-order valence-electron chi connectivity index (χ1n) is 4.35. The predicted octanol–water partition coefficient (Wildman–Crippen LogP) is 2.31. The summed E-state index contributed by atoms with van der Waals surface area (Å²) in [6.07, 6.45) is 0.